The lowest BCUT2D eigenvalue weighted by Crippen LogP contribution is -2.14. The molecule has 0 aromatic rings. The summed E-state index contributed by atoms with van der Waals surface area (Å²) in [7, 11) is 0. The zero-order valence-corrected chi connectivity index (χ0v) is 10.4. The minimum atomic E-state index is 0.534. The van der Waals surface area contributed by atoms with E-state index in [1.54, 1.807) is 0 Å². The maximum atomic E-state index is 8.88. The molecule has 0 saturated carbocycles. The standard InChI is InChI=1S/C12H24N2O2/c1-3-5-7-9-11(13-15)12(14-16)10-8-6-4-2/h15-16H,3-10H2,1-2H3/b13-11-,14-12-. The quantitative estimate of drug-likeness (QED) is 0.273. The molecule has 0 radical (unpaired) electrons. The number of hydrogen-bond donors (Lipinski definition) is 2. The van der Waals surface area contributed by atoms with Crippen LogP contribution >= 0.6 is 0 Å². The Labute approximate surface area is 98.0 Å². The summed E-state index contributed by atoms with van der Waals surface area (Å²) in [5.74, 6) is 0. The van der Waals surface area contributed by atoms with Crippen molar-refractivity contribution < 1.29 is 10.4 Å². The van der Waals surface area contributed by atoms with Gasteiger partial charge in [0.1, 0.15) is 11.4 Å². The highest BCUT2D eigenvalue weighted by Gasteiger charge is 2.10. The van der Waals surface area contributed by atoms with Gasteiger partial charge in [0, 0.05) is 0 Å². The molecule has 0 saturated heterocycles. The molecular formula is C12H24N2O2. The third-order valence-corrected chi connectivity index (χ3v) is 2.61. The molecule has 0 aromatic carbocycles. The van der Waals surface area contributed by atoms with Crippen LogP contribution in [0.15, 0.2) is 10.3 Å². The largest absolute Gasteiger partial charge is 0.411 e. The highest BCUT2D eigenvalue weighted by molar-refractivity contribution is 6.42. The Morgan fingerprint density at radius 3 is 1.38 bits per heavy atom. The second kappa shape index (κ2) is 10.5. The van der Waals surface area contributed by atoms with Gasteiger partial charge in [0.2, 0.25) is 0 Å². The van der Waals surface area contributed by atoms with Gasteiger partial charge in [-0.1, -0.05) is 49.8 Å². The summed E-state index contributed by atoms with van der Waals surface area (Å²) in [5, 5.41) is 24.2. The van der Waals surface area contributed by atoms with Gasteiger partial charge in [0.15, 0.2) is 0 Å². The number of nitrogens with zero attached hydrogens (tertiary/aromatic N) is 2. The molecule has 0 fully saturated rings. The summed E-state index contributed by atoms with van der Waals surface area (Å²) in [6.07, 6.45) is 7.79. The summed E-state index contributed by atoms with van der Waals surface area (Å²) in [5.41, 5.74) is 1.07. The van der Waals surface area contributed by atoms with Crippen LogP contribution in [0.25, 0.3) is 0 Å². The molecule has 0 rings (SSSR count). The van der Waals surface area contributed by atoms with Crippen LogP contribution in [0.5, 0.6) is 0 Å². The predicted molar refractivity (Wildman–Crippen MR) is 66.7 cm³/mol. The van der Waals surface area contributed by atoms with Crippen molar-refractivity contribution in [1.82, 2.24) is 0 Å². The molecule has 2 N–H and O–H groups in total. The first-order valence-corrected chi connectivity index (χ1v) is 6.22. The van der Waals surface area contributed by atoms with Gasteiger partial charge in [-0.25, -0.2) is 0 Å². The van der Waals surface area contributed by atoms with E-state index in [4.69, 9.17) is 10.4 Å². The molecule has 16 heavy (non-hydrogen) atoms. The van der Waals surface area contributed by atoms with Crippen LogP contribution < -0.4 is 0 Å². The predicted octanol–water partition coefficient (Wildman–Crippen LogP) is 3.81. The van der Waals surface area contributed by atoms with Gasteiger partial charge in [0.05, 0.1) is 0 Å². The fraction of sp³-hybridized carbons (Fsp3) is 0.833. The molecule has 0 aliphatic rings. The van der Waals surface area contributed by atoms with E-state index in [-0.39, 0.29) is 0 Å². The topological polar surface area (TPSA) is 65.2 Å². The van der Waals surface area contributed by atoms with Crippen molar-refractivity contribution >= 4 is 11.4 Å². The van der Waals surface area contributed by atoms with Crippen molar-refractivity contribution in [3.63, 3.8) is 0 Å². The molecule has 94 valence electrons. The van der Waals surface area contributed by atoms with Gasteiger partial charge >= 0.3 is 0 Å². The SMILES string of the molecule is CCCCCC(=N/O)/C(CCCCC)=N\O. The minimum absolute atomic E-state index is 0.534. The highest BCUT2D eigenvalue weighted by Crippen LogP contribution is 2.07. The molecule has 0 unspecified atom stereocenters. The summed E-state index contributed by atoms with van der Waals surface area (Å²) in [4.78, 5) is 0. The molecule has 4 heteroatoms. The number of hydrogen-bond acceptors (Lipinski definition) is 4. The van der Waals surface area contributed by atoms with Crippen LogP contribution in [0.4, 0.5) is 0 Å². The highest BCUT2D eigenvalue weighted by atomic mass is 16.4. The molecular weight excluding hydrogens is 204 g/mol. The third kappa shape index (κ3) is 6.43. The van der Waals surface area contributed by atoms with Crippen LogP contribution in [0.2, 0.25) is 0 Å². The van der Waals surface area contributed by atoms with Gasteiger partial charge in [0.25, 0.3) is 0 Å². The molecule has 0 aliphatic heterocycles. The van der Waals surface area contributed by atoms with Gasteiger partial charge < -0.3 is 10.4 Å². The van der Waals surface area contributed by atoms with Crippen LogP contribution in [0.3, 0.4) is 0 Å². The number of rotatable bonds is 9. The molecule has 0 spiro atoms. The lowest BCUT2D eigenvalue weighted by atomic mass is 10.0. The van der Waals surface area contributed by atoms with Crippen LogP contribution in [-0.2, 0) is 0 Å². The van der Waals surface area contributed by atoms with Gasteiger partial charge in [-0.15, -0.1) is 0 Å². The fourth-order valence-electron chi connectivity index (χ4n) is 1.59. The van der Waals surface area contributed by atoms with Crippen molar-refractivity contribution in [1.29, 1.82) is 0 Å². The number of oxime groups is 2. The Bertz CT molecular complexity index is 201. The van der Waals surface area contributed by atoms with Crippen molar-refractivity contribution in [2.24, 2.45) is 10.3 Å². The van der Waals surface area contributed by atoms with Gasteiger partial charge in [-0.2, -0.15) is 0 Å². The Morgan fingerprint density at radius 1 is 0.750 bits per heavy atom. The first-order valence-electron chi connectivity index (χ1n) is 6.22. The molecule has 0 aliphatic carbocycles. The van der Waals surface area contributed by atoms with E-state index in [1.807, 2.05) is 0 Å². The van der Waals surface area contributed by atoms with Crippen molar-refractivity contribution in [2.45, 2.75) is 65.2 Å². The molecule has 0 heterocycles. The summed E-state index contributed by atoms with van der Waals surface area (Å²) in [6.45, 7) is 4.25. The van der Waals surface area contributed by atoms with Crippen LogP contribution in [0.1, 0.15) is 65.2 Å². The first kappa shape index (κ1) is 14.9. The first-order chi connectivity index (χ1) is 7.79. The molecule has 0 aromatic heterocycles. The minimum Gasteiger partial charge on any atom is -0.411 e. The zero-order chi connectivity index (χ0) is 12.2. The Morgan fingerprint density at radius 2 is 1.12 bits per heavy atom. The van der Waals surface area contributed by atoms with Crippen molar-refractivity contribution in [2.75, 3.05) is 0 Å². The molecule has 0 atom stereocenters. The smallest absolute Gasteiger partial charge is 0.104 e. The second-order valence-corrected chi connectivity index (χ2v) is 4.01. The zero-order valence-electron chi connectivity index (χ0n) is 10.4. The van der Waals surface area contributed by atoms with Gasteiger partial charge in [-0.3, -0.25) is 0 Å². The maximum absolute atomic E-state index is 8.88. The molecule has 4 nitrogen and oxygen atoms in total. The lowest BCUT2D eigenvalue weighted by molar-refractivity contribution is 0.312. The van der Waals surface area contributed by atoms with E-state index in [0.29, 0.717) is 24.3 Å². The molecule has 0 amide bonds. The second-order valence-electron chi connectivity index (χ2n) is 4.01. The molecule has 0 bridgehead atoms. The van der Waals surface area contributed by atoms with Crippen molar-refractivity contribution in [3.8, 4) is 0 Å². The normalized spacial score (nSPS) is 13.1. The van der Waals surface area contributed by atoms with Crippen LogP contribution in [-0.4, -0.2) is 21.8 Å². The average Bonchev–Trinajstić information content (AvgIpc) is 2.31. The van der Waals surface area contributed by atoms with E-state index < -0.39 is 0 Å². The van der Waals surface area contributed by atoms with E-state index in [9.17, 15) is 0 Å². The summed E-state index contributed by atoms with van der Waals surface area (Å²) >= 11 is 0. The fourth-order valence-corrected chi connectivity index (χ4v) is 1.59. The number of unbranched alkanes of at least 4 members (excludes halogenated alkanes) is 4. The Balaban J connectivity index is 4.09. The average molecular weight is 228 g/mol. The van der Waals surface area contributed by atoms with E-state index in [0.717, 1.165) is 38.5 Å². The van der Waals surface area contributed by atoms with E-state index >= 15 is 0 Å². The lowest BCUT2D eigenvalue weighted by Gasteiger charge is -2.06. The monoisotopic (exact) mass is 228 g/mol. The van der Waals surface area contributed by atoms with E-state index in [2.05, 4.69) is 24.2 Å². The maximum Gasteiger partial charge on any atom is 0.104 e. The van der Waals surface area contributed by atoms with Gasteiger partial charge in [-0.05, 0) is 25.7 Å². The Hall–Kier alpha value is -1.06. The Kier molecular flexibility index (Phi) is 9.76. The third-order valence-electron chi connectivity index (χ3n) is 2.61. The van der Waals surface area contributed by atoms with Crippen molar-refractivity contribution in [3.05, 3.63) is 0 Å². The van der Waals surface area contributed by atoms with Crippen LogP contribution in [0, 0.1) is 0 Å². The summed E-state index contributed by atoms with van der Waals surface area (Å²) in [6, 6.07) is 0. The van der Waals surface area contributed by atoms with E-state index in [1.165, 1.54) is 0 Å². The summed E-state index contributed by atoms with van der Waals surface area (Å²) < 4.78 is 0.